The lowest BCUT2D eigenvalue weighted by Gasteiger charge is -2.47. The SMILES string of the molecule is CC1CC(C(C)C2CCC(C)C(C3CC3)C2)C1=C1C(C)C1C1CC1. The molecule has 0 aromatic carbocycles. The Kier molecular flexibility index (Phi) is 3.73. The van der Waals surface area contributed by atoms with E-state index in [-0.39, 0.29) is 0 Å². The van der Waals surface area contributed by atoms with Crippen molar-refractivity contribution in [2.75, 3.05) is 0 Å². The van der Waals surface area contributed by atoms with Crippen LogP contribution in [-0.4, -0.2) is 0 Å². The average molecular weight is 327 g/mol. The average Bonchev–Trinajstić information content (AvgIpc) is 3.39. The van der Waals surface area contributed by atoms with Crippen molar-refractivity contribution in [1.29, 1.82) is 0 Å². The molecule has 5 fully saturated rings. The Morgan fingerprint density at radius 3 is 2.12 bits per heavy atom. The largest absolute Gasteiger partial charge is 0.0642 e. The molecule has 0 aromatic rings. The monoisotopic (exact) mass is 326 g/mol. The molecule has 0 bridgehead atoms. The number of hydrogen-bond donors (Lipinski definition) is 0. The molecule has 8 unspecified atom stereocenters. The van der Waals surface area contributed by atoms with Crippen LogP contribution in [0, 0.1) is 59.2 Å². The van der Waals surface area contributed by atoms with Gasteiger partial charge in [0, 0.05) is 0 Å². The standard InChI is InChI=1S/C24H38/c1-13-5-6-19(12-20(13)17-7-8-17)15(3)21-11-14(2)22(21)24-16(4)23(24)18-9-10-18/h13-21,23H,5-12H2,1-4H3. The minimum atomic E-state index is 0.917. The highest BCUT2D eigenvalue weighted by atomic mass is 14.6. The van der Waals surface area contributed by atoms with E-state index in [0.29, 0.717) is 0 Å². The molecule has 0 heterocycles. The third-order valence-corrected chi connectivity index (χ3v) is 9.18. The van der Waals surface area contributed by atoms with Crippen molar-refractivity contribution in [3.05, 3.63) is 11.1 Å². The van der Waals surface area contributed by atoms with Gasteiger partial charge in [-0.2, -0.15) is 0 Å². The quantitative estimate of drug-likeness (QED) is 0.503. The number of rotatable bonds is 4. The fraction of sp³-hybridized carbons (Fsp3) is 0.917. The molecule has 0 saturated heterocycles. The molecule has 0 amide bonds. The van der Waals surface area contributed by atoms with E-state index < -0.39 is 0 Å². The van der Waals surface area contributed by atoms with Gasteiger partial charge in [0.25, 0.3) is 0 Å². The van der Waals surface area contributed by atoms with E-state index in [1.807, 2.05) is 11.1 Å². The van der Waals surface area contributed by atoms with Crippen molar-refractivity contribution in [3.63, 3.8) is 0 Å². The van der Waals surface area contributed by atoms with Gasteiger partial charge < -0.3 is 0 Å². The van der Waals surface area contributed by atoms with Crippen LogP contribution in [0.3, 0.4) is 0 Å². The van der Waals surface area contributed by atoms with Gasteiger partial charge in [0.1, 0.15) is 0 Å². The Morgan fingerprint density at radius 1 is 0.792 bits per heavy atom. The molecular formula is C24H38. The molecule has 24 heavy (non-hydrogen) atoms. The number of allylic oxidation sites excluding steroid dienone is 2. The molecule has 8 atom stereocenters. The summed E-state index contributed by atoms with van der Waals surface area (Å²) in [5.41, 5.74) is 3.95. The lowest BCUT2D eigenvalue weighted by molar-refractivity contribution is 0.0917. The predicted molar refractivity (Wildman–Crippen MR) is 102 cm³/mol. The van der Waals surface area contributed by atoms with Gasteiger partial charge >= 0.3 is 0 Å². The highest BCUT2D eigenvalue weighted by molar-refractivity contribution is 5.42. The summed E-state index contributed by atoms with van der Waals surface area (Å²) in [4.78, 5) is 0. The van der Waals surface area contributed by atoms with Crippen LogP contribution in [0.1, 0.15) is 79.1 Å². The zero-order valence-corrected chi connectivity index (χ0v) is 16.4. The van der Waals surface area contributed by atoms with E-state index in [1.165, 1.54) is 32.1 Å². The molecule has 5 aliphatic carbocycles. The summed E-state index contributed by atoms with van der Waals surface area (Å²) in [5.74, 6) is 10.2. The van der Waals surface area contributed by atoms with Crippen LogP contribution in [-0.2, 0) is 0 Å². The molecule has 0 spiro atoms. The summed E-state index contributed by atoms with van der Waals surface area (Å²) in [7, 11) is 0. The molecule has 0 heteroatoms. The molecule has 0 aliphatic heterocycles. The summed E-state index contributed by atoms with van der Waals surface area (Å²) >= 11 is 0. The smallest absolute Gasteiger partial charge is 0.0106 e. The summed E-state index contributed by atoms with van der Waals surface area (Å²) in [6.07, 6.45) is 12.3. The summed E-state index contributed by atoms with van der Waals surface area (Å²) in [6, 6.07) is 0. The van der Waals surface area contributed by atoms with Crippen LogP contribution in [0.25, 0.3) is 0 Å². The molecular weight excluding hydrogens is 288 g/mol. The summed E-state index contributed by atoms with van der Waals surface area (Å²) < 4.78 is 0. The Bertz CT molecular complexity index is 534. The first-order chi connectivity index (χ1) is 11.6. The van der Waals surface area contributed by atoms with Crippen molar-refractivity contribution in [2.45, 2.75) is 79.1 Å². The molecule has 0 N–H and O–H groups in total. The van der Waals surface area contributed by atoms with E-state index in [1.54, 1.807) is 19.3 Å². The Morgan fingerprint density at radius 2 is 1.50 bits per heavy atom. The molecule has 0 nitrogen and oxygen atoms in total. The van der Waals surface area contributed by atoms with Gasteiger partial charge in [0.15, 0.2) is 0 Å². The third kappa shape index (κ3) is 2.53. The van der Waals surface area contributed by atoms with Crippen LogP contribution >= 0.6 is 0 Å². The van der Waals surface area contributed by atoms with Crippen LogP contribution in [0.4, 0.5) is 0 Å². The van der Waals surface area contributed by atoms with Crippen molar-refractivity contribution in [3.8, 4) is 0 Å². The molecule has 0 radical (unpaired) electrons. The normalized spacial score (nSPS) is 52.8. The summed E-state index contributed by atoms with van der Waals surface area (Å²) in [6.45, 7) is 10.2. The van der Waals surface area contributed by atoms with Crippen molar-refractivity contribution < 1.29 is 0 Å². The van der Waals surface area contributed by atoms with Gasteiger partial charge in [-0.05, 0) is 104 Å². The number of hydrogen-bond acceptors (Lipinski definition) is 0. The maximum Gasteiger partial charge on any atom is -0.0106 e. The Labute approximate surface area is 149 Å². The molecule has 0 aromatic heterocycles. The molecule has 5 aliphatic rings. The lowest BCUT2D eigenvalue weighted by atomic mass is 9.58. The highest BCUT2D eigenvalue weighted by Crippen LogP contribution is 2.64. The second-order valence-corrected chi connectivity index (χ2v) is 10.7. The van der Waals surface area contributed by atoms with Crippen molar-refractivity contribution in [1.82, 2.24) is 0 Å². The van der Waals surface area contributed by atoms with Gasteiger partial charge in [-0.25, -0.2) is 0 Å². The first kappa shape index (κ1) is 16.0. The maximum atomic E-state index is 2.64. The van der Waals surface area contributed by atoms with Crippen LogP contribution in [0.5, 0.6) is 0 Å². The first-order valence-electron chi connectivity index (χ1n) is 11.3. The van der Waals surface area contributed by atoms with Gasteiger partial charge in [-0.15, -0.1) is 0 Å². The van der Waals surface area contributed by atoms with Gasteiger partial charge in [-0.1, -0.05) is 45.3 Å². The van der Waals surface area contributed by atoms with Gasteiger partial charge in [-0.3, -0.25) is 0 Å². The molecule has 5 rings (SSSR count). The second-order valence-electron chi connectivity index (χ2n) is 10.7. The van der Waals surface area contributed by atoms with Gasteiger partial charge in [0.05, 0.1) is 0 Å². The van der Waals surface area contributed by atoms with E-state index >= 15 is 0 Å². The third-order valence-electron chi connectivity index (χ3n) is 9.18. The van der Waals surface area contributed by atoms with E-state index in [0.717, 1.165) is 59.2 Å². The fourth-order valence-corrected chi connectivity index (χ4v) is 7.21. The van der Waals surface area contributed by atoms with Crippen molar-refractivity contribution in [2.24, 2.45) is 59.2 Å². The zero-order valence-electron chi connectivity index (χ0n) is 16.4. The minimum Gasteiger partial charge on any atom is -0.0642 e. The highest BCUT2D eigenvalue weighted by Gasteiger charge is 2.55. The molecule has 134 valence electrons. The van der Waals surface area contributed by atoms with E-state index in [4.69, 9.17) is 0 Å². The first-order valence-corrected chi connectivity index (χ1v) is 11.3. The van der Waals surface area contributed by atoms with Crippen LogP contribution in [0.15, 0.2) is 11.1 Å². The van der Waals surface area contributed by atoms with Crippen molar-refractivity contribution >= 4 is 0 Å². The molecule has 5 saturated carbocycles. The zero-order chi connectivity index (χ0) is 16.6. The van der Waals surface area contributed by atoms with Crippen LogP contribution < -0.4 is 0 Å². The maximum absolute atomic E-state index is 2.64. The Hall–Kier alpha value is -0.260. The summed E-state index contributed by atoms with van der Waals surface area (Å²) in [5, 5.41) is 0. The predicted octanol–water partition coefficient (Wildman–Crippen LogP) is 6.71. The van der Waals surface area contributed by atoms with E-state index in [9.17, 15) is 0 Å². The van der Waals surface area contributed by atoms with Crippen LogP contribution in [0.2, 0.25) is 0 Å². The second kappa shape index (κ2) is 5.62. The minimum absolute atomic E-state index is 0.917. The van der Waals surface area contributed by atoms with Gasteiger partial charge in [0.2, 0.25) is 0 Å². The fourth-order valence-electron chi connectivity index (χ4n) is 7.21. The topological polar surface area (TPSA) is 0 Å². The Balaban J connectivity index is 1.30. The lowest BCUT2D eigenvalue weighted by Crippen LogP contribution is -2.37. The van der Waals surface area contributed by atoms with E-state index in [2.05, 4.69) is 27.7 Å².